The van der Waals surface area contributed by atoms with Gasteiger partial charge in [-0.2, -0.15) is 0 Å². The molecule has 0 amide bonds. The Balaban J connectivity index is 1.91. The summed E-state index contributed by atoms with van der Waals surface area (Å²) in [5.74, 6) is 0. The van der Waals surface area contributed by atoms with Crippen molar-refractivity contribution in [1.29, 1.82) is 0 Å². The van der Waals surface area contributed by atoms with Gasteiger partial charge in [0.05, 0.1) is 0 Å². The van der Waals surface area contributed by atoms with Gasteiger partial charge in [-0.1, -0.05) is 36.4 Å². The van der Waals surface area contributed by atoms with Gasteiger partial charge in [-0.25, -0.2) is 9.78 Å². The zero-order chi connectivity index (χ0) is 12.1. The highest BCUT2D eigenvalue weighted by atomic mass is 35.5. The van der Waals surface area contributed by atoms with Gasteiger partial charge >= 0.3 is 0 Å². The molecule has 0 unspecified atom stereocenters. The Hall–Kier alpha value is -1.16. The van der Waals surface area contributed by atoms with Crippen LogP contribution in [0, 0.1) is 0 Å². The molecule has 4 heteroatoms. The van der Waals surface area contributed by atoms with Crippen LogP contribution < -0.4 is 0 Å². The fourth-order valence-corrected chi connectivity index (χ4v) is 1.74. The van der Waals surface area contributed by atoms with E-state index in [1.54, 1.807) is 0 Å². The highest BCUT2D eigenvalue weighted by molar-refractivity contribution is 6.63. The fraction of sp³-hybridized carbons (Fsp3) is 0.308. The van der Waals surface area contributed by atoms with E-state index in [1.165, 1.54) is 0 Å². The van der Waals surface area contributed by atoms with Crippen LogP contribution in [-0.2, 0) is 14.6 Å². The van der Waals surface area contributed by atoms with Crippen LogP contribution in [0.1, 0.15) is 24.5 Å². The van der Waals surface area contributed by atoms with E-state index in [0.717, 1.165) is 5.56 Å². The van der Waals surface area contributed by atoms with Crippen LogP contribution in [-0.4, -0.2) is 11.3 Å². The van der Waals surface area contributed by atoms with Gasteiger partial charge in [0.1, 0.15) is 12.2 Å². The number of hydrogen-bond donors (Lipinski definition) is 0. The summed E-state index contributed by atoms with van der Waals surface area (Å²) >= 11 is 5.26. The second-order valence-electron chi connectivity index (χ2n) is 3.84. The molecule has 2 rings (SSSR count). The van der Waals surface area contributed by atoms with E-state index in [4.69, 9.17) is 21.4 Å². The van der Waals surface area contributed by atoms with Gasteiger partial charge < -0.3 is 0 Å². The van der Waals surface area contributed by atoms with E-state index in [-0.39, 0.29) is 23.9 Å². The maximum absolute atomic E-state index is 10.6. The Bertz CT molecular complexity index is 402. The van der Waals surface area contributed by atoms with Crippen molar-refractivity contribution in [3.63, 3.8) is 0 Å². The van der Waals surface area contributed by atoms with Crippen molar-refractivity contribution >= 4 is 16.8 Å². The molecule has 0 aromatic heterocycles. The second kappa shape index (κ2) is 5.96. The minimum absolute atomic E-state index is 0.181. The SMILES string of the molecule is O=C(Cl)CC[C@H]1C=C[C@@H](c2ccccc2)OO1. The molecule has 1 heterocycles. The summed E-state index contributed by atoms with van der Waals surface area (Å²) in [5.41, 5.74) is 1.04. The third kappa shape index (κ3) is 3.66. The molecular weight excluding hydrogens is 240 g/mol. The summed E-state index contributed by atoms with van der Waals surface area (Å²) in [4.78, 5) is 21.1. The van der Waals surface area contributed by atoms with Crippen LogP contribution >= 0.6 is 11.6 Å². The smallest absolute Gasteiger partial charge is 0.221 e. The molecule has 3 nitrogen and oxygen atoms in total. The zero-order valence-corrected chi connectivity index (χ0v) is 9.97. The summed E-state index contributed by atoms with van der Waals surface area (Å²) in [7, 11) is 0. The van der Waals surface area contributed by atoms with E-state index < -0.39 is 0 Å². The maximum Gasteiger partial charge on any atom is 0.221 e. The molecule has 90 valence electrons. The first kappa shape index (κ1) is 12.3. The minimum atomic E-state index is -0.354. The molecule has 1 aliphatic rings. The number of carbonyl (C=O) groups is 1. The zero-order valence-electron chi connectivity index (χ0n) is 9.21. The lowest BCUT2D eigenvalue weighted by Crippen LogP contribution is -2.18. The van der Waals surface area contributed by atoms with Crippen molar-refractivity contribution in [3.8, 4) is 0 Å². The average Bonchev–Trinajstić information content (AvgIpc) is 2.38. The molecule has 0 saturated heterocycles. The van der Waals surface area contributed by atoms with Crippen LogP contribution in [0.25, 0.3) is 0 Å². The molecule has 0 bridgehead atoms. The number of hydrogen-bond acceptors (Lipinski definition) is 3. The summed E-state index contributed by atoms with van der Waals surface area (Å²) in [6.07, 6.45) is 4.29. The number of benzene rings is 1. The van der Waals surface area contributed by atoms with Gasteiger partial charge in [-0.15, -0.1) is 0 Å². The summed E-state index contributed by atoms with van der Waals surface area (Å²) in [5, 5.41) is -0.354. The second-order valence-corrected chi connectivity index (χ2v) is 4.26. The van der Waals surface area contributed by atoms with Crippen LogP contribution in [0.5, 0.6) is 0 Å². The highest BCUT2D eigenvalue weighted by Gasteiger charge is 2.19. The monoisotopic (exact) mass is 252 g/mol. The van der Waals surface area contributed by atoms with Gasteiger partial charge in [0.15, 0.2) is 0 Å². The fourth-order valence-electron chi connectivity index (χ4n) is 1.63. The molecule has 0 spiro atoms. The molecule has 0 radical (unpaired) electrons. The van der Waals surface area contributed by atoms with E-state index in [2.05, 4.69) is 0 Å². The third-order valence-corrected chi connectivity index (χ3v) is 2.73. The highest BCUT2D eigenvalue weighted by Crippen LogP contribution is 2.25. The number of carbonyl (C=O) groups excluding carboxylic acids is 1. The third-order valence-electron chi connectivity index (χ3n) is 2.54. The lowest BCUT2D eigenvalue weighted by molar-refractivity contribution is -0.343. The first-order chi connectivity index (χ1) is 8.25. The molecule has 1 aliphatic heterocycles. The van der Waals surface area contributed by atoms with Crippen molar-refractivity contribution in [2.75, 3.05) is 0 Å². The molecule has 1 aromatic carbocycles. The predicted octanol–water partition coefficient (Wildman–Crippen LogP) is 3.16. The quantitative estimate of drug-likeness (QED) is 0.469. The van der Waals surface area contributed by atoms with Crippen molar-refractivity contribution < 1.29 is 14.6 Å². The molecule has 17 heavy (non-hydrogen) atoms. The number of halogens is 1. The minimum Gasteiger partial charge on any atom is -0.281 e. The Morgan fingerprint density at radius 2 is 1.94 bits per heavy atom. The normalized spacial score (nSPS) is 23.6. The molecule has 1 aromatic rings. The van der Waals surface area contributed by atoms with Crippen LogP contribution in [0.15, 0.2) is 42.5 Å². The summed E-state index contributed by atoms with van der Waals surface area (Å²) < 4.78 is 0. The lowest BCUT2D eigenvalue weighted by Gasteiger charge is -2.22. The maximum atomic E-state index is 10.6. The Labute approximate surface area is 105 Å². The van der Waals surface area contributed by atoms with Gasteiger partial charge in [-0.05, 0) is 29.7 Å². The van der Waals surface area contributed by atoms with Crippen LogP contribution in [0.2, 0.25) is 0 Å². The van der Waals surface area contributed by atoms with E-state index in [9.17, 15) is 4.79 Å². The van der Waals surface area contributed by atoms with E-state index in [0.29, 0.717) is 6.42 Å². The summed E-state index contributed by atoms with van der Waals surface area (Å²) in [6.45, 7) is 0. The average molecular weight is 253 g/mol. The summed E-state index contributed by atoms with van der Waals surface area (Å²) in [6, 6.07) is 9.79. The molecule has 0 N–H and O–H groups in total. The van der Waals surface area contributed by atoms with Crippen LogP contribution in [0.3, 0.4) is 0 Å². The lowest BCUT2D eigenvalue weighted by atomic mass is 10.1. The van der Waals surface area contributed by atoms with Crippen LogP contribution in [0.4, 0.5) is 0 Å². The first-order valence-corrected chi connectivity index (χ1v) is 5.87. The van der Waals surface area contributed by atoms with Gasteiger partial charge in [-0.3, -0.25) is 4.79 Å². The van der Waals surface area contributed by atoms with Gasteiger partial charge in [0.2, 0.25) is 5.24 Å². The van der Waals surface area contributed by atoms with E-state index in [1.807, 2.05) is 42.5 Å². The Kier molecular flexibility index (Phi) is 4.31. The molecular formula is C13H13ClO3. The van der Waals surface area contributed by atoms with Gasteiger partial charge in [0, 0.05) is 6.42 Å². The molecule has 2 atom stereocenters. The van der Waals surface area contributed by atoms with Gasteiger partial charge in [0.25, 0.3) is 0 Å². The van der Waals surface area contributed by atoms with Crippen molar-refractivity contribution in [2.45, 2.75) is 25.0 Å². The predicted molar refractivity (Wildman–Crippen MR) is 64.4 cm³/mol. The van der Waals surface area contributed by atoms with Crippen molar-refractivity contribution in [3.05, 3.63) is 48.0 Å². The van der Waals surface area contributed by atoms with Crippen molar-refractivity contribution in [1.82, 2.24) is 0 Å². The first-order valence-electron chi connectivity index (χ1n) is 5.49. The largest absolute Gasteiger partial charge is 0.281 e. The van der Waals surface area contributed by atoms with Crippen molar-refractivity contribution in [2.24, 2.45) is 0 Å². The number of rotatable bonds is 4. The molecule has 0 saturated carbocycles. The standard InChI is InChI=1S/C13H13ClO3/c14-13(15)9-7-11-6-8-12(17-16-11)10-4-2-1-3-5-10/h1-6,8,11-12H,7,9H2/t11-,12+/m1/s1. The topological polar surface area (TPSA) is 35.5 Å². The Morgan fingerprint density at radius 1 is 1.18 bits per heavy atom. The Morgan fingerprint density at radius 3 is 2.53 bits per heavy atom. The molecule has 0 fully saturated rings. The molecule has 0 aliphatic carbocycles. The van der Waals surface area contributed by atoms with E-state index >= 15 is 0 Å².